The van der Waals surface area contributed by atoms with Gasteiger partial charge in [-0.15, -0.1) is 0 Å². The van der Waals surface area contributed by atoms with Gasteiger partial charge in [0.25, 0.3) is 0 Å². The van der Waals surface area contributed by atoms with Gasteiger partial charge in [0, 0.05) is 22.3 Å². The lowest BCUT2D eigenvalue weighted by Gasteiger charge is -2.14. The molecule has 0 aliphatic rings. The molecule has 0 aliphatic carbocycles. The third-order valence-corrected chi connectivity index (χ3v) is 4.11. The molecule has 3 aromatic rings. The van der Waals surface area contributed by atoms with E-state index in [1.807, 2.05) is 12.1 Å². The van der Waals surface area contributed by atoms with E-state index in [-0.39, 0.29) is 5.97 Å². The Morgan fingerprint density at radius 3 is 2.70 bits per heavy atom. The van der Waals surface area contributed by atoms with Gasteiger partial charge in [-0.05, 0) is 67.7 Å². The van der Waals surface area contributed by atoms with Crippen molar-refractivity contribution < 1.29 is 9.53 Å². The molecule has 1 heterocycles. The van der Waals surface area contributed by atoms with E-state index in [1.54, 1.807) is 49.5 Å². The minimum atomic E-state index is -0.351. The third kappa shape index (κ3) is 4.84. The number of esters is 1. The number of carbonyl (C=O) groups is 1. The van der Waals surface area contributed by atoms with Crippen LogP contribution in [0.25, 0.3) is 10.9 Å². The van der Waals surface area contributed by atoms with Gasteiger partial charge in [-0.2, -0.15) is 0 Å². The van der Waals surface area contributed by atoms with Crippen molar-refractivity contribution >= 4 is 57.2 Å². The first-order valence-corrected chi connectivity index (χ1v) is 9.00. The quantitative estimate of drug-likeness (QED) is 0.333. The number of benzene rings is 2. The van der Waals surface area contributed by atoms with Gasteiger partial charge in [0.2, 0.25) is 0 Å². The molecule has 3 rings (SSSR count). The van der Waals surface area contributed by atoms with E-state index in [0.717, 1.165) is 22.3 Å². The van der Waals surface area contributed by atoms with E-state index in [1.165, 1.54) is 0 Å². The summed E-state index contributed by atoms with van der Waals surface area (Å²) in [5.74, 6) is -0.351. The van der Waals surface area contributed by atoms with Crippen LogP contribution in [-0.4, -0.2) is 22.7 Å². The average molecular weight is 401 g/mol. The first-order chi connectivity index (χ1) is 13.1. The van der Waals surface area contributed by atoms with Gasteiger partial charge in [-0.3, -0.25) is 15.8 Å². The van der Waals surface area contributed by atoms with Gasteiger partial charge < -0.3 is 10.1 Å². The van der Waals surface area contributed by atoms with E-state index in [2.05, 4.69) is 21.2 Å². The number of carbonyl (C=O) groups excluding carboxylic acids is 1. The number of hydrogen-bond donors (Lipinski definition) is 3. The SMILES string of the molecule is CCOC(=O)c1ccc(NC(=S)NNc2ccnc3cc(Cl)ccc23)cc1. The lowest BCUT2D eigenvalue weighted by Crippen LogP contribution is -2.33. The highest BCUT2D eigenvalue weighted by Gasteiger charge is 2.07. The lowest BCUT2D eigenvalue weighted by molar-refractivity contribution is 0.0526. The Morgan fingerprint density at radius 1 is 1.19 bits per heavy atom. The normalized spacial score (nSPS) is 10.3. The number of halogens is 1. The number of rotatable bonds is 5. The molecular formula is C19H17ClN4O2S. The Morgan fingerprint density at radius 2 is 1.96 bits per heavy atom. The summed E-state index contributed by atoms with van der Waals surface area (Å²) in [5, 5.41) is 4.95. The molecular weight excluding hydrogens is 384 g/mol. The molecule has 2 aromatic carbocycles. The molecule has 0 bridgehead atoms. The maximum Gasteiger partial charge on any atom is 0.338 e. The van der Waals surface area contributed by atoms with Gasteiger partial charge in [0.1, 0.15) is 0 Å². The Labute approximate surface area is 166 Å². The summed E-state index contributed by atoms with van der Waals surface area (Å²) in [6, 6.07) is 14.2. The Hall–Kier alpha value is -2.90. The predicted octanol–water partition coefficient (Wildman–Crippen LogP) is 4.38. The largest absolute Gasteiger partial charge is 0.462 e. The molecule has 0 atom stereocenters. The van der Waals surface area contributed by atoms with Crippen molar-refractivity contribution in [3.63, 3.8) is 0 Å². The van der Waals surface area contributed by atoms with Gasteiger partial charge in [0.05, 0.1) is 23.4 Å². The van der Waals surface area contributed by atoms with Crippen LogP contribution in [0.1, 0.15) is 17.3 Å². The fourth-order valence-electron chi connectivity index (χ4n) is 2.42. The summed E-state index contributed by atoms with van der Waals surface area (Å²) in [4.78, 5) is 16.0. The van der Waals surface area contributed by atoms with E-state index in [4.69, 9.17) is 28.6 Å². The Kier molecular flexibility index (Phi) is 6.05. The Balaban J connectivity index is 1.61. The summed E-state index contributed by atoms with van der Waals surface area (Å²) in [7, 11) is 0. The number of ether oxygens (including phenoxy) is 1. The van der Waals surface area contributed by atoms with Crippen molar-refractivity contribution in [2.75, 3.05) is 17.3 Å². The minimum Gasteiger partial charge on any atom is -0.462 e. The average Bonchev–Trinajstić information content (AvgIpc) is 2.66. The smallest absolute Gasteiger partial charge is 0.338 e. The molecule has 6 nitrogen and oxygen atoms in total. The highest BCUT2D eigenvalue weighted by atomic mass is 35.5. The Bertz CT molecular complexity index is 979. The molecule has 0 saturated carbocycles. The van der Waals surface area contributed by atoms with Crippen LogP contribution in [-0.2, 0) is 4.74 Å². The fourth-order valence-corrected chi connectivity index (χ4v) is 2.76. The van der Waals surface area contributed by atoms with Gasteiger partial charge in [-0.25, -0.2) is 4.79 Å². The second-order valence-corrected chi connectivity index (χ2v) is 6.37. The number of anilines is 2. The zero-order chi connectivity index (χ0) is 19.2. The van der Waals surface area contributed by atoms with Crippen LogP contribution in [0, 0.1) is 0 Å². The first-order valence-electron chi connectivity index (χ1n) is 8.21. The molecule has 0 radical (unpaired) electrons. The number of fused-ring (bicyclic) bond motifs is 1. The molecule has 0 saturated heterocycles. The molecule has 8 heteroatoms. The number of pyridine rings is 1. The summed E-state index contributed by atoms with van der Waals surface area (Å²) >= 11 is 11.3. The molecule has 0 unspecified atom stereocenters. The molecule has 27 heavy (non-hydrogen) atoms. The van der Waals surface area contributed by atoms with E-state index in [9.17, 15) is 4.79 Å². The predicted molar refractivity (Wildman–Crippen MR) is 112 cm³/mol. The third-order valence-electron chi connectivity index (χ3n) is 3.67. The molecule has 138 valence electrons. The second-order valence-electron chi connectivity index (χ2n) is 5.52. The van der Waals surface area contributed by atoms with Crippen LogP contribution in [0.2, 0.25) is 5.02 Å². The van der Waals surface area contributed by atoms with Crippen LogP contribution in [0.5, 0.6) is 0 Å². The summed E-state index contributed by atoms with van der Waals surface area (Å²) in [6.07, 6.45) is 1.69. The highest BCUT2D eigenvalue weighted by Crippen LogP contribution is 2.23. The standard InChI is InChI=1S/C19H17ClN4O2S/c1-2-26-18(25)12-3-6-14(7-4-12)22-19(27)24-23-16-9-10-21-17-11-13(20)5-8-15(16)17/h3-11H,2H2,1H3,(H,21,23)(H2,22,24,27). The zero-order valence-corrected chi connectivity index (χ0v) is 16.0. The number of nitrogens with one attached hydrogen (secondary N) is 3. The van der Waals surface area contributed by atoms with E-state index in [0.29, 0.717) is 22.3 Å². The van der Waals surface area contributed by atoms with Gasteiger partial charge in [-0.1, -0.05) is 11.6 Å². The van der Waals surface area contributed by atoms with Crippen molar-refractivity contribution in [2.24, 2.45) is 0 Å². The zero-order valence-electron chi connectivity index (χ0n) is 14.5. The summed E-state index contributed by atoms with van der Waals surface area (Å²) in [5.41, 5.74) is 8.82. The van der Waals surface area contributed by atoms with Crippen molar-refractivity contribution in [1.82, 2.24) is 10.4 Å². The molecule has 1 aromatic heterocycles. The lowest BCUT2D eigenvalue weighted by atomic mass is 10.2. The molecule has 0 aliphatic heterocycles. The number of hydrogen-bond acceptors (Lipinski definition) is 5. The molecule has 0 amide bonds. The van der Waals surface area contributed by atoms with Crippen molar-refractivity contribution in [1.29, 1.82) is 0 Å². The van der Waals surface area contributed by atoms with E-state index < -0.39 is 0 Å². The summed E-state index contributed by atoms with van der Waals surface area (Å²) in [6.45, 7) is 2.11. The monoisotopic (exact) mass is 400 g/mol. The number of nitrogens with zero attached hydrogens (tertiary/aromatic N) is 1. The van der Waals surface area contributed by atoms with Gasteiger partial charge >= 0.3 is 5.97 Å². The van der Waals surface area contributed by atoms with Gasteiger partial charge in [0.15, 0.2) is 5.11 Å². The van der Waals surface area contributed by atoms with Crippen molar-refractivity contribution in [2.45, 2.75) is 6.92 Å². The second kappa shape index (κ2) is 8.66. The molecule has 3 N–H and O–H groups in total. The molecule has 0 fully saturated rings. The fraction of sp³-hybridized carbons (Fsp3) is 0.105. The first kappa shape index (κ1) is 18.9. The van der Waals surface area contributed by atoms with Crippen molar-refractivity contribution in [3.8, 4) is 0 Å². The van der Waals surface area contributed by atoms with E-state index >= 15 is 0 Å². The van der Waals surface area contributed by atoms with Crippen LogP contribution < -0.4 is 16.2 Å². The van der Waals surface area contributed by atoms with Crippen LogP contribution in [0.3, 0.4) is 0 Å². The van der Waals surface area contributed by atoms with Crippen LogP contribution >= 0.6 is 23.8 Å². The maximum absolute atomic E-state index is 11.7. The summed E-state index contributed by atoms with van der Waals surface area (Å²) < 4.78 is 4.96. The maximum atomic E-state index is 11.7. The van der Waals surface area contributed by atoms with Crippen LogP contribution in [0.15, 0.2) is 54.7 Å². The topological polar surface area (TPSA) is 75.3 Å². The number of thiocarbonyl (C=S) groups is 1. The van der Waals surface area contributed by atoms with Crippen molar-refractivity contribution in [3.05, 3.63) is 65.3 Å². The van der Waals surface area contributed by atoms with Crippen LogP contribution in [0.4, 0.5) is 11.4 Å². The number of aromatic nitrogens is 1. The minimum absolute atomic E-state index is 0.342. The molecule has 0 spiro atoms. The number of hydrazine groups is 1. The highest BCUT2D eigenvalue weighted by molar-refractivity contribution is 7.80.